The van der Waals surface area contributed by atoms with Crippen LogP contribution in [0.4, 0.5) is 11.4 Å². The third-order valence-corrected chi connectivity index (χ3v) is 8.39. The van der Waals surface area contributed by atoms with Crippen molar-refractivity contribution in [2.75, 3.05) is 4.90 Å². The van der Waals surface area contributed by atoms with Gasteiger partial charge in [-0.3, -0.25) is 9.89 Å². The van der Waals surface area contributed by atoms with E-state index in [9.17, 15) is 14.7 Å². The Balaban J connectivity index is 1.52. The van der Waals surface area contributed by atoms with Gasteiger partial charge in [-0.05, 0) is 85.5 Å². The van der Waals surface area contributed by atoms with E-state index in [-0.39, 0.29) is 22.2 Å². The molecule has 0 fully saturated rings. The third kappa shape index (κ3) is 4.51. The number of hydrogen-bond donors (Lipinski definition) is 2. The molecule has 0 saturated heterocycles. The maximum Gasteiger partial charge on any atom is 0.354 e. The summed E-state index contributed by atoms with van der Waals surface area (Å²) in [4.78, 5) is 27.3. The lowest BCUT2D eigenvalue weighted by molar-refractivity contribution is 0.0689. The van der Waals surface area contributed by atoms with Gasteiger partial charge in [0.2, 0.25) is 0 Å². The van der Waals surface area contributed by atoms with Crippen LogP contribution in [0.3, 0.4) is 0 Å². The Morgan fingerprint density at radius 3 is 2.30 bits per heavy atom. The molecule has 0 bridgehead atoms. The zero-order valence-electron chi connectivity index (χ0n) is 23.7. The monoisotopic (exact) mass is 533 g/mol. The molecule has 3 aromatic carbocycles. The van der Waals surface area contributed by atoms with Gasteiger partial charge in [-0.1, -0.05) is 63.6 Å². The highest BCUT2D eigenvalue weighted by molar-refractivity contribution is 5.90. The number of fused-ring (bicyclic) bond motifs is 1. The molecule has 0 saturated carbocycles. The molecule has 6 heteroatoms. The molecule has 0 atom stereocenters. The summed E-state index contributed by atoms with van der Waals surface area (Å²) in [6, 6.07) is 24.1. The molecule has 0 radical (unpaired) electrons. The van der Waals surface area contributed by atoms with Crippen molar-refractivity contribution >= 4 is 29.5 Å². The summed E-state index contributed by atoms with van der Waals surface area (Å²) < 4.78 is 1.24. The van der Waals surface area contributed by atoms with Crippen LogP contribution in [-0.2, 0) is 11.8 Å². The molecule has 5 rings (SSSR count). The second-order valence-corrected chi connectivity index (χ2v) is 11.3. The zero-order chi connectivity index (χ0) is 28.7. The highest BCUT2D eigenvalue weighted by Gasteiger charge is 2.51. The van der Waals surface area contributed by atoms with E-state index in [1.807, 2.05) is 12.1 Å². The first-order valence-electron chi connectivity index (χ1n) is 13.7. The lowest BCUT2D eigenvalue weighted by atomic mass is 9.72. The van der Waals surface area contributed by atoms with Gasteiger partial charge in [-0.2, -0.15) is 0 Å². The Bertz CT molecular complexity index is 1680. The van der Waals surface area contributed by atoms with Crippen molar-refractivity contribution in [2.24, 2.45) is 0 Å². The summed E-state index contributed by atoms with van der Waals surface area (Å²) in [7, 11) is 0. The minimum Gasteiger partial charge on any atom is -0.477 e. The second-order valence-electron chi connectivity index (χ2n) is 11.3. The van der Waals surface area contributed by atoms with E-state index in [0.29, 0.717) is 5.69 Å². The minimum atomic E-state index is -1.20. The van der Waals surface area contributed by atoms with Crippen LogP contribution < -0.4 is 10.5 Å². The van der Waals surface area contributed by atoms with Crippen molar-refractivity contribution in [3.05, 3.63) is 117 Å². The summed E-state index contributed by atoms with van der Waals surface area (Å²) in [5, 5.41) is 12.4. The molecule has 1 aliphatic heterocycles. The number of aromatic amines is 1. The van der Waals surface area contributed by atoms with Crippen LogP contribution >= 0.6 is 0 Å². The van der Waals surface area contributed by atoms with E-state index in [2.05, 4.69) is 86.7 Å². The molecule has 0 spiro atoms. The van der Waals surface area contributed by atoms with E-state index in [1.54, 1.807) is 30.3 Å². The summed E-state index contributed by atoms with van der Waals surface area (Å²) in [6.45, 7) is 11.3. The van der Waals surface area contributed by atoms with Gasteiger partial charge in [0, 0.05) is 22.3 Å². The van der Waals surface area contributed by atoms with Crippen LogP contribution in [0.25, 0.3) is 17.8 Å². The van der Waals surface area contributed by atoms with Gasteiger partial charge in [0.15, 0.2) is 5.69 Å². The fourth-order valence-electron chi connectivity index (χ4n) is 5.54. The number of aromatic carboxylic acids is 1. The Kier molecular flexibility index (Phi) is 6.91. The highest BCUT2D eigenvalue weighted by atomic mass is 16.4. The van der Waals surface area contributed by atoms with Crippen LogP contribution in [-0.4, -0.2) is 26.4 Å². The summed E-state index contributed by atoms with van der Waals surface area (Å²) in [5.74, 6) is -1.20. The highest BCUT2D eigenvalue weighted by Crippen LogP contribution is 2.54. The normalized spacial score (nSPS) is 14.9. The molecular weight excluding hydrogens is 498 g/mol. The number of nitrogens with zero attached hydrogens (tertiary/aromatic N) is 2. The maximum absolute atomic E-state index is 13.1. The average molecular weight is 534 g/mol. The van der Waals surface area contributed by atoms with Crippen molar-refractivity contribution < 1.29 is 9.90 Å². The van der Waals surface area contributed by atoms with Crippen molar-refractivity contribution in [1.82, 2.24) is 9.78 Å². The molecule has 0 aliphatic carbocycles. The number of H-pyrrole nitrogens is 1. The first-order valence-corrected chi connectivity index (χ1v) is 13.7. The fourth-order valence-corrected chi connectivity index (χ4v) is 5.54. The minimum absolute atomic E-state index is 0.0490. The molecule has 6 nitrogen and oxygen atoms in total. The molecular formula is C34H35N3O3. The van der Waals surface area contributed by atoms with Crippen LogP contribution in [0.5, 0.6) is 0 Å². The second kappa shape index (κ2) is 10.2. The number of nitrogens with one attached hydrogen (secondary N) is 1. The van der Waals surface area contributed by atoms with Gasteiger partial charge >= 0.3 is 5.97 Å². The van der Waals surface area contributed by atoms with Gasteiger partial charge in [-0.25, -0.2) is 9.48 Å². The SMILES string of the molecule is CCCc1ccc(N2c3ccc(C=C=Cc4c(C(=O)O)[nH]n(-c5ccccc5)c4=O)cc3C(C)(C)C2(C)C)cc1. The molecule has 2 N–H and O–H groups in total. The maximum atomic E-state index is 13.1. The molecule has 1 aromatic heterocycles. The molecule has 1 aliphatic rings. The summed E-state index contributed by atoms with van der Waals surface area (Å²) in [5.41, 5.74) is 8.56. The number of aryl methyl sites for hydroxylation is 1. The lowest BCUT2D eigenvalue weighted by Crippen LogP contribution is -2.48. The Morgan fingerprint density at radius 1 is 0.950 bits per heavy atom. The van der Waals surface area contributed by atoms with E-state index in [1.165, 1.54) is 33.3 Å². The van der Waals surface area contributed by atoms with Crippen molar-refractivity contribution in [1.29, 1.82) is 0 Å². The largest absolute Gasteiger partial charge is 0.477 e. The van der Waals surface area contributed by atoms with Gasteiger partial charge < -0.3 is 10.0 Å². The number of para-hydroxylation sites is 1. The molecule has 4 aromatic rings. The quantitative estimate of drug-likeness (QED) is 0.244. The van der Waals surface area contributed by atoms with Gasteiger partial charge in [0.25, 0.3) is 5.56 Å². The van der Waals surface area contributed by atoms with Crippen molar-refractivity contribution in [2.45, 2.75) is 58.4 Å². The number of carbonyl (C=O) groups is 1. The van der Waals surface area contributed by atoms with E-state index < -0.39 is 11.5 Å². The first kappa shape index (κ1) is 27.0. The topological polar surface area (TPSA) is 78.3 Å². The van der Waals surface area contributed by atoms with E-state index in [4.69, 9.17) is 0 Å². The number of rotatable bonds is 7. The molecule has 40 heavy (non-hydrogen) atoms. The Labute approximate surface area is 234 Å². The van der Waals surface area contributed by atoms with Crippen LogP contribution in [0.2, 0.25) is 0 Å². The summed E-state index contributed by atoms with van der Waals surface area (Å²) in [6.07, 6.45) is 5.43. The molecule has 0 unspecified atom stereocenters. The van der Waals surface area contributed by atoms with Crippen LogP contribution in [0.1, 0.15) is 73.8 Å². The third-order valence-electron chi connectivity index (χ3n) is 8.39. The number of carboxylic acid groups (broad SMARTS) is 1. The Morgan fingerprint density at radius 2 is 1.65 bits per heavy atom. The molecule has 204 valence electrons. The van der Waals surface area contributed by atoms with E-state index in [0.717, 1.165) is 18.4 Å². The predicted octanol–water partition coefficient (Wildman–Crippen LogP) is 7.35. The molecule has 0 amide bonds. The first-order chi connectivity index (χ1) is 19.1. The van der Waals surface area contributed by atoms with Gasteiger partial charge in [0.05, 0.1) is 11.3 Å². The zero-order valence-corrected chi connectivity index (χ0v) is 23.7. The predicted molar refractivity (Wildman–Crippen MR) is 162 cm³/mol. The van der Waals surface area contributed by atoms with Gasteiger partial charge in [0.1, 0.15) is 0 Å². The molecule has 2 heterocycles. The van der Waals surface area contributed by atoms with Gasteiger partial charge in [-0.15, -0.1) is 5.73 Å². The van der Waals surface area contributed by atoms with Crippen molar-refractivity contribution in [3.63, 3.8) is 0 Å². The standard InChI is InChI=1S/C34H35N3O3/c1-6-11-23-16-19-25(20-17-23)36-29-21-18-24(22-28(29)33(2,3)34(36,4)5)12-10-15-27-30(32(39)40)35-37(31(27)38)26-13-8-7-9-14-26/h7-9,12-22,35H,6,11H2,1-5H3,(H,39,40). The average Bonchev–Trinajstić information content (AvgIpc) is 3.34. The number of benzene rings is 3. The summed E-state index contributed by atoms with van der Waals surface area (Å²) >= 11 is 0. The number of anilines is 2. The van der Waals surface area contributed by atoms with Crippen LogP contribution in [0, 0.1) is 0 Å². The van der Waals surface area contributed by atoms with Crippen molar-refractivity contribution in [3.8, 4) is 5.69 Å². The van der Waals surface area contributed by atoms with E-state index >= 15 is 0 Å². The number of hydrogen-bond acceptors (Lipinski definition) is 3. The smallest absolute Gasteiger partial charge is 0.354 e. The Hall–Kier alpha value is -4.54. The number of aromatic nitrogens is 2. The van der Waals surface area contributed by atoms with Crippen LogP contribution in [0.15, 0.2) is 83.3 Å². The fraction of sp³-hybridized carbons (Fsp3) is 0.265. The number of carboxylic acids is 1. The lowest BCUT2D eigenvalue weighted by Gasteiger charge is -2.42.